The molecule has 1 spiro atoms. The maximum absolute atomic E-state index is 6.50. The van der Waals surface area contributed by atoms with Crippen molar-refractivity contribution in [2.45, 2.75) is 49.9 Å². The molecule has 6 rings (SSSR count). The van der Waals surface area contributed by atoms with Crippen LogP contribution in [0.1, 0.15) is 37.7 Å². The van der Waals surface area contributed by atoms with Gasteiger partial charge in [0.25, 0.3) is 6.02 Å². The van der Waals surface area contributed by atoms with Crippen LogP contribution in [0.5, 0.6) is 5.75 Å². The number of fused-ring (bicyclic) bond motifs is 4. The van der Waals surface area contributed by atoms with Gasteiger partial charge in [-0.05, 0) is 61.8 Å². The molecule has 2 saturated carbocycles. The smallest absolute Gasteiger partial charge is 0.283 e. The Balaban J connectivity index is 1.38. The summed E-state index contributed by atoms with van der Waals surface area (Å²) >= 11 is 6.18. The fourth-order valence-electron chi connectivity index (χ4n) is 5.31. The Kier molecular flexibility index (Phi) is 4.62. The van der Waals surface area contributed by atoms with Crippen molar-refractivity contribution in [3.05, 3.63) is 47.2 Å². The minimum absolute atomic E-state index is 0.0882. The van der Waals surface area contributed by atoms with Crippen LogP contribution in [0.2, 0.25) is 5.02 Å². The zero-order valence-corrected chi connectivity index (χ0v) is 18.1. The maximum atomic E-state index is 6.50. The number of hydrogen-bond donors (Lipinski definition) is 1. The predicted octanol–water partition coefficient (Wildman–Crippen LogP) is 4.30. The monoisotopic (exact) mass is 439 g/mol. The number of ether oxygens (including phenoxy) is 3. The van der Waals surface area contributed by atoms with Gasteiger partial charge in [0.05, 0.1) is 11.1 Å². The molecule has 0 saturated heterocycles. The minimum Gasteiger partial charge on any atom is -0.490 e. The average molecular weight is 440 g/mol. The lowest BCUT2D eigenvalue weighted by atomic mass is 9.67. The van der Waals surface area contributed by atoms with Crippen molar-refractivity contribution in [1.29, 1.82) is 0 Å². The molecule has 2 N–H and O–H groups in total. The third-order valence-electron chi connectivity index (χ3n) is 7.13. The fraction of sp³-hybridized carbons (Fsp3) is 0.500. The molecule has 7 heteroatoms. The minimum atomic E-state index is -0.550. The van der Waals surface area contributed by atoms with Crippen LogP contribution in [0.3, 0.4) is 0 Å². The van der Waals surface area contributed by atoms with Crippen LogP contribution < -0.4 is 10.5 Å². The number of aromatic nitrogens is 1. The lowest BCUT2D eigenvalue weighted by Gasteiger charge is -2.48. The van der Waals surface area contributed by atoms with E-state index in [1.54, 1.807) is 6.20 Å². The highest BCUT2D eigenvalue weighted by atomic mass is 35.5. The second kappa shape index (κ2) is 7.38. The summed E-state index contributed by atoms with van der Waals surface area (Å²) in [4.78, 5) is 9.13. The molecule has 0 bridgehead atoms. The Morgan fingerprint density at radius 2 is 2.03 bits per heavy atom. The molecule has 2 aromatic rings. The lowest BCUT2D eigenvalue weighted by Crippen LogP contribution is -2.52. The first-order chi connectivity index (χ1) is 15.1. The largest absolute Gasteiger partial charge is 0.490 e. The molecule has 1 unspecified atom stereocenters. The molecule has 1 aromatic heterocycles. The van der Waals surface area contributed by atoms with E-state index in [0.717, 1.165) is 54.2 Å². The molecule has 162 valence electrons. The molecule has 0 radical (unpaired) electrons. The number of aliphatic imine (C=N–C) groups is 1. The SMILES string of the molecule is NC1=N[C@]2(CO1)c1cc(-c3cncc(Cl)c3)ccc1OC1CC[C@@H](OCC3CC3)C[C@@H]12. The third-order valence-corrected chi connectivity index (χ3v) is 7.34. The third kappa shape index (κ3) is 3.46. The van der Waals surface area contributed by atoms with Gasteiger partial charge >= 0.3 is 0 Å². The zero-order chi connectivity index (χ0) is 21.0. The van der Waals surface area contributed by atoms with E-state index < -0.39 is 5.54 Å². The first kappa shape index (κ1) is 19.4. The van der Waals surface area contributed by atoms with Gasteiger partial charge in [-0.25, -0.2) is 4.99 Å². The molecule has 4 aliphatic rings. The van der Waals surface area contributed by atoms with E-state index in [-0.39, 0.29) is 24.1 Å². The van der Waals surface area contributed by atoms with Gasteiger partial charge in [0.1, 0.15) is 24.0 Å². The van der Waals surface area contributed by atoms with Crippen molar-refractivity contribution in [3.8, 4) is 16.9 Å². The van der Waals surface area contributed by atoms with Gasteiger partial charge in [-0.1, -0.05) is 17.7 Å². The number of pyridine rings is 1. The van der Waals surface area contributed by atoms with Crippen LogP contribution in [0.15, 0.2) is 41.7 Å². The molecule has 0 amide bonds. The van der Waals surface area contributed by atoms with Gasteiger partial charge in [0.2, 0.25) is 0 Å². The van der Waals surface area contributed by atoms with E-state index >= 15 is 0 Å². The van der Waals surface area contributed by atoms with Crippen molar-refractivity contribution >= 4 is 17.6 Å². The summed E-state index contributed by atoms with van der Waals surface area (Å²) in [6.07, 6.45) is 9.26. The van der Waals surface area contributed by atoms with Crippen molar-refractivity contribution in [3.63, 3.8) is 0 Å². The highest BCUT2D eigenvalue weighted by molar-refractivity contribution is 6.30. The Bertz CT molecular complexity index is 1040. The van der Waals surface area contributed by atoms with Gasteiger partial charge in [-0.15, -0.1) is 0 Å². The number of amidine groups is 1. The number of halogens is 1. The molecule has 31 heavy (non-hydrogen) atoms. The predicted molar refractivity (Wildman–Crippen MR) is 118 cm³/mol. The molecule has 2 aliphatic heterocycles. The molecule has 3 heterocycles. The first-order valence-electron chi connectivity index (χ1n) is 11.1. The van der Waals surface area contributed by atoms with Gasteiger partial charge in [-0.3, -0.25) is 4.98 Å². The van der Waals surface area contributed by atoms with E-state index in [1.165, 1.54) is 12.8 Å². The summed E-state index contributed by atoms with van der Waals surface area (Å²) in [5.74, 6) is 1.78. The average Bonchev–Trinajstić information content (AvgIpc) is 3.53. The normalized spacial score (nSPS) is 31.4. The summed E-state index contributed by atoms with van der Waals surface area (Å²) in [5.41, 5.74) is 8.51. The maximum Gasteiger partial charge on any atom is 0.283 e. The molecular formula is C24H26ClN3O3. The van der Waals surface area contributed by atoms with E-state index in [1.807, 2.05) is 24.4 Å². The van der Waals surface area contributed by atoms with Gasteiger partial charge < -0.3 is 19.9 Å². The highest BCUT2D eigenvalue weighted by Crippen LogP contribution is 2.53. The quantitative estimate of drug-likeness (QED) is 0.768. The Hall–Kier alpha value is -2.31. The molecule has 6 nitrogen and oxygen atoms in total. The number of nitrogens with two attached hydrogens (primary N) is 1. The van der Waals surface area contributed by atoms with Crippen LogP contribution in [0.4, 0.5) is 0 Å². The van der Waals surface area contributed by atoms with Gasteiger partial charge in [0, 0.05) is 36.0 Å². The van der Waals surface area contributed by atoms with E-state index in [2.05, 4.69) is 11.1 Å². The van der Waals surface area contributed by atoms with Gasteiger partial charge in [-0.2, -0.15) is 0 Å². The summed E-state index contributed by atoms with van der Waals surface area (Å²) in [5, 5.41) is 0.607. The molecule has 1 aromatic carbocycles. The van der Waals surface area contributed by atoms with Crippen molar-refractivity contribution < 1.29 is 14.2 Å². The van der Waals surface area contributed by atoms with Crippen LogP contribution in [-0.4, -0.2) is 36.4 Å². The van der Waals surface area contributed by atoms with Crippen molar-refractivity contribution in [2.75, 3.05) is 13.2 Å². The second-order valence-corrected chi connectivity index (χ2v) is 9.68. The first-order valence-corrected chi connectivity index (χ1v) is 11.5. The highest BCUT2D eigenvalue weighted by Gasteiger charge is 2.55. The summed E-state index contributed by atoms with van der Waals surface area (Å²) in [6, 6.07) is 8.39. The Labute approximate surface area is 186 Å². The molecule has 2 aliphatic carbocycles. The van der Waals surface area contributed by atoms with Crippen LogP contribution >= 0.6 is 11.6 Å². The summed E-state index contributed by atoms with van der Waals surface area (Å²) < 4.78 is 18.5. The summed E-state index contributed by atoms with van der Waals surface area (Å²) in [6.45, 7) is 1.31. The van der Waals surface area contributed by atoms with Crippen LogP contribution in [0, 0.1) is 11.8 Å². The molecule has 2 fully saturated rings. The van der Waals surface area contributed by atoms with E-state index in [0.29, 0.717) is 11.6 Å². The van der Waals surface area contributed by atoms with Crippen LogP contribution in [0.25, 0.3) is 11.1 Å². The number of nitrogens with zero attached hydrogens (tertiary/aromatic N) is 2. The van der Waals surface area contributed by atoms with Crippen LogP contribution in [-0.2, 0) is 15.0 Å². The van der Waals surface area contributed by atoms with Crippen molar-refractivity contribution in [1.82, 2.24) is 4.98 Å². The fourth-order valence-corrected chi connectivity index (χ4v) is 5.49. The molecular weight excluding hydrogens is 414 g/mol. The zero-order valence-electron chi connectivity index (χ0n) is 17.3. The van der Waals surface area contributed by atoms with E-state index in [4.69, 9.17) is 36.5 Å². The second-order valence-electron chi connectivity index (χ2n) is 9.24. The summed E-state index contributed by atoms with van der Waals surface area (Å²) in [7, 11) is 0. The molecule has 4 atom stereocenters. The Morgan fingerprint density at radius 1 is 1.13 bits per heavy atom. The standard InChI is InChI=1S/C24H26ClN3O3/c25-17-7-16(10-27-11-17)15-3-5-21-19(8-15)24(13-30-23(26)28-24)20-9-18(4-6-22(20)31-21)29-12-14-1-2-14/h3,5,7-8,10-11,14,18,20,22H,1-2,4,6,9,12-13H2,(H2,26,28)/t18-,20+,22?,24-/m1/s1. The number of rotatable bonds is 4. The number of benzene rings is 1. The number of hydrogen-bond acceptors (Lipinski definition) is 6. The Morgan fingerprint density at radius 3 is 2.81 bits per heavy atom. The van der Waals surface area contributed by atoms with Crippen molar-refractivity contribution in [2.24, 2.45) is 22.6 Å². The van der Waals surface area contributed by atoms with Gasteiger partial charge in [0.15, 0.2) is 0 Å². The lowest BCUT2D eigenvalue weighted by molar-refractivity contribution is -0.0643. The van der Waals surface area contributed by atoms with E-state index in [9.17, 15) is 0 Å². The topological polar surface area (TPSA) is 79.0 Å².